The van der Waals surface area contributed by atoms with Crippen LogP contribution >= 0.6 is 7.82 Å². The highest BCUT2D eigenvalue weighted by molar-refractivity contribution is 7.40. The second-order valence-corrected chi connectivity index (χ2v) is 2.84. The van der Waals surface area contributed by atoms with Gasteiger partial charge in [0.25, 0.3) is 0 Å². The van der Waals surface area contributed by atoms with E-state index in [1.54, 1.807) is 0 Å². The lowest BCUT2D eigenvalue weighted by Crippen LogP contribution is -2.51. The van der Waals surface area contributed by atoms with Gasteiger partial charge < -0.3 is 19.2 Å². The highest BCUT2D eigenvalue weighted by Gasteiger charge is 1.64. The van der Waals surface area contributed by atoms with E-state index in [0.29, 0.717) is 0 Å². The van der Waals surface area contributed by atoms with Crippen LogP contribution in [-0.2, 0) is 4.57 Å². The number of hydrogen-bond acceptors (Lipinski definition) is 4. The Hall–Kier alpha value is -2.08. The minimum Gasteiger partial charge on any atom is -0.822 e. The Morgan fingerprint density at radius 1 is 0.706 bits per heavy atom. The molecule has 0 heterocycles. The molecular formula is C3H18N9O4P. The van der Waals surface area contributed by atoms with E-state index < -0.39 is 7.82 Å². The van der Waals surface area contributed by atoms with E-state index in [2.05, 4.69) is 50.6 Å². The Morgan fingerprint density at radius 2 is 0.706 bits per heavy atom. The molecule has 0 fully saturated rings. The quantitative estimate of drug-likeness (QED) is 0.114. The monoisotopic (exact) mass is 275 g/mol. The van der Waals surface area contributed by atoms with Crippen LogP contribution in [-0.4, -0.2) is 17.9 Å². The van der Waals surface area contributed by atoms with Gasteiger partial charge in [-0.25, -0.2) is 0 Å². The number of phosphoric acid groups is 1. The molecule has 0 unspecified atom stereocenters. The normalized spacial score (nSPS) is 7.71. The summed E-state index contributed by atoms with van der Waals surface area (Å²) in [6.45, 7) is 0. The van der Waals surface area contributed by atoms with Gasteiger partial charge >= 0.3 is 17.9 Å². The van der Waals surface area contributed by atoms with Crippen molar-refractivity contribution in [3.8, 4) is 0 Å². The van der Waals surface area contributed by atoms with Crippen LogP contribution in [0.3, 0.4) is 0 Å². The van der Waals surface area contributed by atoms with Crippen molar-refractivity contribution in [1.29, 1.82) is 0 Å². The van der Waals surface area contributed by atoms with Gasteiger partial charge in [-0.15, -0.1) is 0 Å². The van der Waals surface area contributed by atoms with Crippen molar-refractivity contribution in [1.82, 2.24) is 0 Å². The number of rotatable bonds is 0. The molecule has 0 saturated heterocycles. The summed E-state index contributed by atoms with van der Waals surface area (Å²) in [5.74, 6) is -0.250. The largest absolute Gasteiger partial charge is 0.822 e. The van der Waals surface area contributed by atoms with Gasteiger partial charge in [-0.3, -0.25) is 50.6 Å². The van der Waals surface area contributed by atoms with Crippen molar-refractivity contribution >= 4 is 25.7 Å². The van der Waals surface area contributed by atoms with Crippen LogP contribution in [0.25, 0.3) is 0 Å². The number of nitrogens with two attached hydrogens (primary N) is 9. The fraction of sp³-hybridized carbons (Fsp3) is 0. The molecule has 0 amide bonds. The van der Waals surface area contributed by atoms with Crippen molar-refractivity contribution in [2.45, 2.75) is 0 Å². The molecule has 0 aromatic heterocycles. The summed E-state index contributed by atoms with van der Waals surface area (Å²) in [4.78, 5) is 25.6. The van der Waals surface area contributed by atoms with Crippen molar-refractivity contribution < 1.29 is 35.5 Å². The minimum atomic E-state index is -5.39. The first-order valence-electron chi connectivity index (χ1n) is 3.33. The van der Waals surface area contributed by atoms with Crippen molar-refractivity contribution in [2.24, 2.45) is 34.4 Å². The van der Waals surface area contributed by atoms with Gasteiger partial charge in [-0.1, -0.05) is 0 Å². The molecule has 0 saturated carbocycles. The van der Waals surface area contributed by atoms with Crippen LogP contribution < -0.4 is 65.3 Å². The Bertz CT molecular complexity index is 225. The molecule has 0 rings (SSSR count). The maximum Gasteiger partial charge on any atom is 0.336 e. The van der Waals surface area contributed by atoms with Gasteiger partial charge in [0.1, 0.15) is 0 Å². The van der Waals surface area contributed by atoms with E-state index in [0.717, 1.165) is 0 Å². The molecule has 0 aliphatic heterocycles. The van der Waals surface area contributed by atoms with Gasteiger partial charge in [0.2, 0.25) is 0 Å². The molecule has 0 bridgehead atoms. The zero-order chi connectivity index (χ0) is 15.2. The van der Waals surface area contributed by atoms with Crippen molar-refractivity contribution in [3.05, 3.63) is 0 Å². The molecule has 0 radical (unpaired) electrons. The van der Waals surface area contributed by atoms with Crippen LogP contribution in [0, 0.1) is 0 Å². The summed E-state index contributed by atoms with van der Waals surface area (Å²) in [5.41, 5.74) is 27.5. The molecular weight excluding hydrogens is 257 g/mol. The first-order valence-corrected chi connectivity index (χ1v) is 4.79. The summed E-state index contributed by atoms with van der Waals surface area (Å²) >= 11 is 0. The second kappa shape index (κ2) is 13.9. The summed E-state index contributed by atoms with van der Waals surface area (Å²) in [7, 11) is -5.39. The molecule has 0 spiro atoms. The Kier molecular flexibility index (Phi) is 19.9. The van der Waals surface area contributed by atoms with Crippen LogP contribution in [0.4, 0.5) is 0 Å². The van der Waals surface area contributed by atoms with E-state index in [9.17, 15) is 0 Å². The van der Waals surface area contributed by atoms with Crippen LogP contribution in [0.1, 0.15) is 0 Å². The third-order valence-electron chi connectivity index (χ3n) is 0. The number of hydrogen-bond donors (Lipinski definition) is 9. The maximum absolute atomic E-state index is 8.55. The zero-order valence-electron chi connectivity index (χ0n) is 8.78. The summed E-state index contributed by atoms with van der Waals surface area (Å²) < 4.78 is 8.55. The third-order valence-corrected chi connectivity index (χ3v) is 0. The van der Waals surface area contributed by atoms with Crippen molar-refractivity contribution in [2.75, 3.05) is 0 Å². The predicted octanol–water partition coefficient (Wildman–Crippen LogP) is -11.8. The molecule has 18 N–H and O–H groups in total. The predicted molar refractivity (Wildman–Crippen MR) is 53.5 cm³/mol. The Morgan fingerprint density at radius 3 is 0.706 bits per heavy atom. The van der Waals surface area contributed by atoms with E-state index >= 15 is 0 Å². The van der Waals surface area contributed by atoms with Crippen molar-refractivity contribution in [3.63, 3.8) is 0 Å². The SMILES string of the molecule is NC(N)=[NH2+].NC(N)=[NH2+].NC(N)=[NH2+].O=P([O-])([O-])[O-]. The topological polar surface area (TPSA) is 319 Å². The highest BCUT2D eigenvalue weighted by atomic mass is 31.2. The Labute approximate surface area is 96.5 Å². The van der Waals surface area contributed by atoms with E-state index in [1.165, 1.54) is 0 Å². The zero-order valence-corrected chi connectivity index (χ0v) is 9.67. The first-order chi connectivity index (χ1) is 7.20. The standard InChI is InChI=1S/3CH5N3.H3O4P/c3*2-1(3)4;1-5(2,3)4/h3*(H5,2,3,4);(H3,1,2,3,4). The minimum absolute atomic E-state index is 0.0833. The van der Waals surface area contributed by atoms with Gasteiger partial charge in [0.05, 0.1) is 0 Å². The van der Waals surface area contributed by atoms with Gasteiger partial charge in [0.15, 0.2) is 0 Å². The summed E-state index contributed by atoms with van der Waals surface area (Å²) in [6.07, 6.45) is 0. The van der Waals surface area contributed by atoms with Crippen LogP contribution in [0.5, 0.6) is 0 Å². The van der Waals surface area contributed by atoms with Crippen LogP contribution in [0.2, 0.25) is 0 Å². The fourth-order valence-corrected chi connectivity index (χ4v) is 0. The molecule has 13 nitrogen and oxygen atoms in total. The molecule has 0 aromatic carbocycles. The average molecular weight is 275 g/mol. The molecule has 17 heavy (non-hydrogen) atoms. The first kappa shape index (κ1) is 24.2. The molecule has 104 valence electrons. The molecule has 0 aromatic rings. The lowest BCUT2D eigenvalue weighted by atomic mass is 11.1. The highest BCUT2D eigenvalue weighted by Crippen LogP contribution is 2.03. The average Bonchev–Trinajstić information content (AvgIpc) is 1.73. The third kappa shape index (κ3) is 457. The lowest BCUT2D eigenvalue weighted by Gasteiger charge is -2.36. The van der Waals surface area contributed by atoms with Crippen LogP contribution in [0.15, 0.2) is 0 Å². The summed E-state index contributed by atoms with van der Waals surface area (Å²) in [6, 6.07) is 0. The van der Waals surface area contributed by atoms with E-state index in [1.807, 2.05) is 0 Å². The molecule has 0 aliphatic carbocycles. The fourth-order valence-electron chi connectivity index (χ4n) is 0. The van der Waals surface area contributed by atoms with E-state index in [4.69, 9.17) is 19.2 Å². The van der Waals surface area contributed by atoms with Gasteiger partial charge in [-0.05, 0) is 0 Å². The second-order valence-electron chi connectivity index (χ2n) is 1.95. The Balaban J connectivity index is -0.0000000667. The van der Waals surface area contributed by atoms with Gasteiger partial charge in [0, 0.05) is 0 Å². The molecule has 0 atom stereocenters. The smallest absolute Gasteiger partial charge is 0.336 e. The summed E-state index contributed by atoms with van der Waals surface area (Å²) in [5, 5.41) is 13.8. The van der Waals surface area contributed by atoms with E-state index in [-0.39, 0.29) is 17.9 Å². The van der Waals surface area contributed by atoms with Gasteiger partial charge in [-0.2, -0.15) is 7.82 Å². The lowest BCUT2D eigenvalue weighted by molar-refractivity contribution is -0.432. The molecule has 14 heteroatoms. The number of guanidine groups is 3. The molecule has 0 aliphatic rings. The maximum atomic E-state index is 8.55.